The zero-order valence-electron chi connectivity index (χ0n) is 18.9. The fourth-order valence-corrected chi connectivity index (χ4v) is 6.50. The van der Waals surface area contributed by atoms with Gasteiger partial charge in [-0.3, -0.25) is 9.36 Å². The number of sulfonamides is 1. The number of rotatable bonds is 5. The molecule has 0 bridgehead atoms. The van der Waals surface area contributed by atoms with E-state index in [1.807, 2.05) is 0 Å². The molecule has 1 aromatic carbocycles. The van der Waals surface area contributed by atoms with Crippen LogP contribution in [0.5, 0.6) is 0 Å². The Morgan fingerprint density at radius 2 is 1.81 bits per heavy atom. The van der Waals surface area contributed by atoms with Gasteiger partial charge in [-0.15, -0.1) is 0 Å². The Kier molecular flexibility index (Phi) is 6.76. The summed E-state index contributed by atoms with van der Waals surface area (Å²) in [6, 6.07) is 4.56. The van der Waals surface area contributed by atoms with E-state index in [2.05, 4.69) is 19.2 Å². The van der Waals surface area contributed by atoms with Crippen molar-refractivity contribution in [3.05, 3.63) is 28.7 Å². The van der Waals surface area contributed by atoms with Crippen molar-refractivity contribution >= 4 is 27.0 Å². The molecule has 8 nitrogen and oxygen atoms in total. The van der Waals surface area contributed by atoms with E-state index in [4.69, 9.17) is 4.42 Å². The van der Waals surface area contributed by atoms with Gasteiger partial charge in [0, 0.05) is 25.2 Å². The molecule has 32 heavy (non-hydrogen) atoms. The van der Waals surface area contributed by atoms with Gasteiger partial charge in [0.25, 0.3) is 0 Å². The molecule has 2 heterocycles. The summed E-state index contributed by atoms with van der Waals surface area (Å²) in [5.74, 6) is 0.0416. The lowest BCUT2D eigenvalue weighted by Crippen LogP contribution is -2.45. The van der Waals surface area contributed by atoms with Gasteiger partial charge in [-0.1, -0.05) is 39.5 Å². The van der Waals surface area contributed by atoms with E-state index in [1.165, 1.54) is 27.4 Å². The van der Waals surface area contributed by atoms with Gasteiger partial charge in [0.2, 0.25) is 15.9 Å². The van der Waals surface area contributed by atoms with Gasteiger partial charge in [0.05, 0.1) is 10.4 Å². The lowest BCUT2D eigenvalue weighted by Gasteiger charge is -2.34. The first kappa shape index (κ1) is 23.0. The molecule has 1 aromatic heterocycles. The number of aromatic nitrogens is 1. The van der Waals surface area contributed by atoms with Crippen LogP contribution in [0, 0.1) is 11.8 Å². The molecule has 2 aliphatic rings. The van der Waals surface area contributed by atoms with Crippen molar-refractivity contribution in [1.82, 2.24) is 14.2 Å². The van der Waals surface area contributed by atoms with Crippen LogP contribution in [-0.2, 0) is 21.4 Å². The first-order valence-electron chi connectivity index (χ1n) is 11.7. The molecule has 1 amide bonds. The van der Waals surface area contributed by atoms with Crippen LogP contribution in [-0.4, -0.2) is 42.3 Å². The molecule has 2 fully saturated rings. The lowest BCUT2D eigenvalue weighted by atomic mass is 9.78. The molecule has 176 valence electrons. The van der Waals surface area contributed by atoms with Crippen molar-refractivity contribution in [3.63, 3.8) is 0 Å². The molecule has 1 saturated carbocycles. The summed E-state index contributed by atoms with van der Waals surface area (Å²) >= 11 is 0. The van der Waals surface area contributed by atoms with Crippen LogP contribution in [0.15, 0.2) is 32.3 Å². The largest absolute Gasteiger partial charge is 0.420 e. The average Bonchev–Trinajstić information content (AvgIpc) is 2.93. The van der Waals surface area contributed by atoms with Crippen LogP contribution in [0.4, 0.5) is 0 Å². The number of benzene rings is 1. The van der Waals surface area contributed by atoms with Crippen molar-refractivity contribution in [2.24, 2.45) is 11.8 Å². The van der Waals surface area contributed by atoms with E-state index in [9.17, 15) is 18.0 Å². The summed E-state index contributed by atoms with van der Waals surface area (Å²) in [7, 11) is -3.65. The second-order valence-corrected chi connectivity index (χ2v) is 11.3. The smallest absolute Gasteiger partial charge is 0.408 e. The molecule has 1 saturated heterocycles. The highest BCUT2D eigenvalue weighted by molar-refractivity contribution is 7.89. The van der Waals surface area contributed by atoms with Gasteiger partial charge in [-0.05, 0) is 43.2 Å². The van der Waals surface area contributed by atoms with Crippen molar-refractivity contribution in [1.29, 1.82) is 0 Å². The van der Waals surface area contributed by atoms with Crippen molar-refractivity contribution < 1.29 is 17.6 Å². The number of carbonyl (C=O) groups excluding carboxylic acids is 1. The van der Waals surface area contributed by atoms with Gasteiger partial charge >= 0.3 is 5.76 Å². The summed E-state index contributed by atoms with van der Waals surface area (Å²) in [5, 5.41) is 3.07. The van der Waals surface area contributed by atoms with Crippen LogP contribution in [0.3, 0.4) is 0 Å². The van der Waals surface area contributed by atoms with Crippen LogP contribution < -0.4 is 11.1 Å². The third-order valence-electron chi connectivity index (χ3n) is 7.20. The highest BCUT2D eigenvalue weighted by atomic mass is 32.2. The standard InChI is InChI=1S/C23H33N3O5S/c1-16-8-7-9-19(17(16)2)24-22(27)15-26-20-11-10-18(14-21(20)31-23(26)28)32(29,30)25-12-5-3-4-6-13-25/h10-11,14,16-17,19H,3-9,12-13,15H2,1-2H3,(H,24,27)/t16-,17-,19+/m1/s1. The second kappa shape index (κ2) is 9.39. The Bertz CT molecular complexity index is 1130. The predicted octanol–water partition coefficient (Wildman–Crippen LogP) is 3.10. The van der Waals surface area contributed by atoms with Crippen LogP contribution >= 0.6 is 0 Å². The molecule has 1 aliphatic carbocycles. The minimum Gasteiger partial charge on any atom is -0.408 e. The molecule has 3 atom stereocenters. The molecule has 9 heteroatoms. The highest BCUT2D eigenvalue weighted by Crippen LogP contribution is 2.29. The van der Waals surface area contributed by atoms with Crippen molar-refractivity contribution in [2.75, 3.05) is 13.1 Å². The normalized spacial score (nSPS) is 25.5. The Morgan fingerprint density at radius 1 is 1.09 bits per heavy atom. The lowest BCUT2D eigenvalue weighted by molar-refractivity contribution is -0.123. The summed E-state index contributed by atoms with van der Waals surface area (Å²) in [4.78, 5) is 25.2. The Hall–Kier alpha value is -2.13. The number of oxazole rings is 1. The molecule has 1 aliphatic heterocycles. The van der Waals surface area contributed by atoms with Gasteiger partial charge in [-0.2, -0.15) is 4.31 Å². The topological polar surface area (TPSA) is 102 Å². The molecule has 0 unspecified atom stereocenters. The van der Waals surface area contributed by atoms with E-state index in [-0.39, 0.29) is 29.0 Å². The fraction of sp³-hybridized carbons (Fsp3) is 0.652. The third-order valence-corrected chi connectivity index (χ3v) is 9.09. The van der Waals surface area contributed by atoms with E-state index in [1.54, 1.807) is 6.07 Å². The number of amides is 1. The number of fused-ring (bicyclic) bond motifs is 1. The summed E-state index contributed by atoms with van der Waals surface area (Å²) < 4.78 is 34.2. The van der Waals surface area contributed by atoms with E-state index < -0.39 is 15.8 Å². The SMILES string of the molecule is C[C@@H]1[C@H](C)CCC[C@@H]1NC(=O)Cn1c(=O)oc2cc(S(=O)(=O)N3CCCCCC3)ccc21. The summed E-state index contributed by atoms with van der Waals surface area (Å²) in [5.41, 5.74) is 0.600. The highest BCUT2D eigenvalue weighted by Gasteiger charge is 2.29. The summed E-state index contributed by atoms with van der Waals surface area (Å²) in [6.07, 6.45) is 6.95. The molecular formula is C23H33N3O5S. The maximum absolute atomic E-state index is 13.1. The predicted molar refractivity (Wildman–Crippen MR) is 122 cm³/mol. The number of nitrogens with zero attached hydrogens (tertiary/aromatic N) is 2. The number of hydrogen-bond donors (Lipinski definition) is 1. The first-order chi connectivity index (χ1) is 15.3. The quantitative estimate of drug-likeness (QED) is 0.734. The maximum atomic E-state index is 13.1. The van der Waals surface area contributed by atoms with Gasteiger partial charge < -0.3 is 9.73 Å². The zero-order valence-corrected chi connectivity index (χ0v) is 19.7. The van der Waals surface area contributed by atoms with E-state index >= 15 is 0 Å². The molecule has 1 N–H and O–H groups in total. The Morgan fingerprint density at radius 3 is 2.53 bits per heavy atom. The first-order valence-corrected chi connectivity index (χ1v) is 13.1. The van der Waals surface area contributed by atoms with Crippen molar-refractivity contribution in [2.45, 2.75) is 76.3 Å². The second-order valence-electron chi connectivity index (χ2n) is 9.34. The molecule has 4 rings (SSSR count). The average molecular weight is 464 g/mol. The molecule has 2 aromatic rings. The van der Waals surface area contributed by atoms with Gasteiger partial charge in [0.15, 0.2) is 5.58 Å². The molecule has 0 radical (unpaired) electrons. The van der Waals surface area contributed by atoms with Crippen LogP contribution in [0.2, 0.25) is 0 Å². The monoisotopic (exact) mass is 463 g/mol. The Balaban J connectivity index is 1.53. The minimum atomic E-state index is -3.65. The van der Waals surface area contributed by atoms with Gasteiger partial charge in [-0.25, -0.2) is 13.2 Å². The van der Waals surface area contributed by atoms with E-state index in [0.29, 0.717) is 30.4 Å². The third kappa shape index (κ3) is 4.64. The zero-order chi connectivity index (χ0) is 22.9. The van der Waals surface area contributed by atoms with Crippen molar-refractivity contribution in [3.8, 4) is 0 Å². The van der Waals surface area contributed by atoms with Crippen LogP contribution in [0.1, 0.15) is 58.8 Å². The molecular weight excluding hydrogens is 430 g/mol. The number of carbonyl (C=O) groups is 1. The molecule has 0 spiro atoms. The number of nitrogens with one attached hydrogen (secondary N) is 1. The summed E-state index contributed by atoms with van der Waals surface area (Å²) in [6.45, 7) is 5.21. The minimum absolute atomic E-state index is 0.102. The van der Waals surface area contributed by atoms with Gasteiger partial charge in [0.1, 0.15) is 6.54 Å². The van der Waals surface area contributed by atoms with E-state index in [0.717, 1.165) is 38.5 Å². The maximum Gasteiger partial charge on any atom is 0.420 e. The number of hydrogen-bond acceptors (Lipinski definition) is 5. The van der Waals surface area contributed by atoms with Crippen LogP contribution in [0.25, 0.3) is 11.1 Å². The Labute approximate surface area is 189 Å². The fourth-order valence-electron chi connectivity index (χ4n) is 4.97.